The Balaban J connectivity index is 1.83. The number of nitrogens with zero attached hydrogens (tertiary/aromatic N) is 5. The van der Waals surface area contributed by atoms with Crippen molar-refractivity contribution < 1.29 is 14.7 Å². The molecule has 3 rings (SSSR count). The molecule has 1 aromatic rings. The third-order valence-corrected chi connectivity index (χ3v) is 5.77. The molecule has 8 nitrogen and oxygen atoms in total. The Kier molecular flexibility index (Phi) is 5.88. The van der Waals surface area contributed by atoms with Crippen LogP contribution in [0.5, 0.6) is 0 Å². The van der Waals surface area contributed by atoms with Gasteiger partial charge in [-0.25, -0.2) is 14.8 Å². The second kappa shape index (κ2) is 8.03. The van der Waals surface area contributed by atoms with Gasteiger partial charge in [-0.1, -0.05) is 20.8 Å². The molecule has 2 saturated heterocycles. The Morgan fingerprint density at radius 3 is 2.50 bits per heavy atom. The van der Waals surface area contributed by atoms with Gasteiger partial charge in [0.05, 0.1) is 13.2 Å². The Hall–Kier alpha value is -2.22. The number of aliphatic hydroxyl groups is 1. The predicted octanol–water partition coefficient (Wildman–Crippen LogP) is 1.60. The maximum atomic E-state index is 13.2. The average Bonchev–Trinajstić information content (AvgIpc) is 2.85. The molecule has 28 heavy (non-hydrogen) atoms. The highest BCUT2D eigenvalue weighted by molar-refractivity contribution is 6.07. The summed E-state index contributed by atoms with van der Waals surface area (Å²) >= 11 is 0. The van der Waals surface area contributed by atoms with E-state index < -0.39 is 5.54 Å². The second-order valence-corrected chi connectivity index (χ2v) is 8.14. The molecule has 0 bridgehead atoms. The van der Waals surface area contributed by atoms with Gasteiger partial charge in [0.25, 0.3) is 5.91 Å². The lowest BCUT2D eigenvalue weighted by atomic mass is 9.85. The van der Waals surface area contributed by atoms with Crippen LogP contribution in [-0.2, 0) is 11.2 Å². The van der Waals surface area contributed by atoms with Crippen LogP contribution in [0.15, 0.2) is 6.20 Å². The van der Waals surface area contributed by atoms with Crippen LogP contribution in [0.3, 0.4) is 0 Å². The minimum atomic E-state index is -0.814. The van der Waals surface area contributed by atoms with Crippen molar-refractivity contribution in [2.75, 3.05) is 37.7 Å². The number of carbonyl (C=O) groups excluding carboxylic acids is 2. The summed E-state index contributed by atoms with van der Waals surface area (Å²) in [5, 5.41) is 9.29. The molecule has 2 aliphatic rings. The first-order chi connectivity index (χ1) is 13.3. The zero-order valence-electron chi connectivity index (χ0n) is 17.3. The molecule has 1 N–H and O–H groups in total. The van der Waals surface area contributed by atoms with Crippen LogP contribution in [0.2, 0.25) is 0 Å². The molecule has 8 heteroatoms. The van der Waals surface area contributed by atoms with Crippen molar-refractivity contribution >= 4 is 17.9 Å². The van der Waals surface area contributed by atoms with E-state index >= 15 is 0 Å². The lowest BCUT2D eigenvalue weighted by Gasteiger charge is -2.42. The van der Waals surface area contributed by atoms with E-state index in [0.717, 1.165) is 17.7 Å². The SMILES string of the molecule is CCc1nc(N2CCC3(CC2)C(=O)N(CCO)C(=O)N3CC(C)C)ncc1C. The number of amides is 3. The summed E-state index contributed by atoms with van der Waals surface area (Å²) in [4.78, 5) is 40.2. The molecule has 154 valence electrons. The number of urea groups is 1. The van der Waals surface area contributed by atoms with E-state index in [1.54, 1.807) is 4.90 Å². The van der Waals surface area contributed by atoms with Gasteiger partial charge in [-0.05, 0) is 37.7 Å². The highest BCUT2D eigenvalue weighted by Gasteiger charge is 2.57. The quantitative estimate of drug-likeness (QED) is 0.744. The van der Waals surface area contributed by atoms with Crippen molar-refractivity contribution in [1.29, 1.82) is 0 Å². The molecule has 0 aromatic carbocycles. The van der Waals surface area contributed by atoms with Crippen LogP contribution in [-0.4, -0.2) is 75.1 Å². The minimum absolute atomic E-state index is 0.0542. The highest BCUT2D eigenvalue weighted by atomic mass is 16.3. The Morgan fingerprint density at radius 1 is 1.25 bits per heavy atom. The van der Waals surface area contributed by atoms with Crippen LogP contribution in [0.25, 0.3) is 0 Å². The van der Waals surface area contributed by atoms with Gasteiger partial charge in [0.1, 0.15) is 5.54 Å². The number of aliphatic hydroxyl groups excluding tert-OH is 1. The molecule has 0 unspecified atom stereocenters. The molecule has 3 heterocycles. The Bertz CT molecular complexity index is 743. The van der Waals surface area contributed by atoms with Gasteiger partial charge in [-0.15, -0.1) is 0 Å². The van der Waals surface area contributed by atoms with Crippen molar-refractivity contribution in [2.24, 2.45) is 5.92 Å². The van der Waals surface area contributed by atoms with Crippen LogP contribution >= 0.6 is 0 Å². The van der Waals surface area contributed by atoms with Crippen LogP contribution in [0.1, 0.15) is 44.9 Å². The molecule has 2 fully saturated rings. The molecule has 1 spiro atoms. The number of aryl methyl sites for hydroxylation is 2. The van der Waals surface area contributed by atoms with Gasteiger partial charge in [0.2, 0.25) is 5.95 Å². The first kappa shape index (κ1) is 20.5. The Labute approximate surface area is 166 Å². The van der Waals surface area contributed by atoms with Gasteiger partial charge in [0, 0.05) is 31.5 Å². The smallest absolute Gasteiger partial charge is 0.327 e. The normalized spacial score (nSPS) is 19.4. The summed E-state index contributed by atoms with van der Waals surface area (Å²) in [6, 6.07) is -0.277. The lowest BCUT2D eigenvalue weighted by molar-refractivity contribution is -0.134. The van der Waals surface area contributed by atoms with Gasteiger partial charge in [-0.3, -0.25) is 9.69 Å². The maximum absolute atomic E-state index is 13.2. The number of hydrogen-bond acceptors (Lipinski definition) is 6. The van der Waals surface area contributed by atoms with E-state index in [0.29, 0.717) is 38.4 Å². The second-order valence-electron chi connectivity index (χ2n) is 8.14. The van der Waals surface area contributed by atoms with Gasteiger partial charge in [-0.2, -0.15) is 0 Å². The van der Waals surface area contributed by atoms with Crippen molar-refractivity contribution in [2.45, 2.75) is 52.5 Å². The van der Waals surface area contributed by atoms with E-state index in [-0.39, 0.29) is 31.0 Å². The number of β-amino-alcohol motifs (C(OH)–C–C–N with tert-alkyl or cyclic N) is 1. The molecule has 0 radical (unpaired) electrons. The predicted molar refractivity (Wildman–Crippen MR) is 106 cm³/mol. The van der Waals surface area contributed by atoms with Crippen molar-refractivity contribution in [3.8, 4) is 0 Å². The van der Waals surface area contributed by atoms with Gasteiger partial charge in [0.15, 0.2) is 0 Å². The molecule has 0 saturated carbocycles. The Morgan fingerprint density at radius 2 is 1.93 bits per heavy atom. The minimum Gasteiger partial charge on any atom is -0.395 e. The van der Waals surface area contributed by atoms with Gasteiger partial charge >= 0.3 is 6.03 Å². The number of carbonyl (C=O) groups is 2. The van der Waals surface area contributed by atoms with E-state index in [4.69, 9.17) is 0 Å². The number of anilines is 1. The van der Waals surface area contributed by atoms with E-state index in [1.165, 1.54) is 4.90 Å². The fourth-order valence-electron chi connectivity index (χ4n) is 4.24. The fraction of sp³-hybridized carbons (Fsp3) is 0.700. The third kappa shape index (κ3) is 3.45. The van der Waals surface area contributed by atoms with Gasteiger partial charge < -0.3 is 14.9 Å². The standard InChI is InChI=1S/C20H31N5O3/c1-5-16-15(4)12-21-18(22-16)23-8-6-20(7-9-23)17(27)24(10-11-26)19(28)25(20)13-14(2)3/h12,14,26H,5-11,13H2,1-4H3. The summed E-state index contributed by atoms with van der Waals surface area (Å²) < 4.78 is 0. The number of rotatable bonds is 6. The van der Waals surface area contributed by atoms with Crippen molar-refractivity contribution in [3.05, 3.63) is 17.5 Å². The first-order valence-electron chi connectivity index (χ1n) is 10.2. The number of piperidine rings is 1. The van der Waals surface area contributed by atoms with Crippen LogP contribution in [0.4, 0.5) is 10.7 Å². The lowest BCUT2D eigenvalue weighted by Crippen LogP contribution is -2.57. The average molecular weight is 390 g/mol. The molecule has 0 aliphatic carbocycles. The number of hydrogen-bond donors (Lipinski definition) is 1. The topological polar surface area (TPSA) is 89.9 Å². The summed E-state index contributed by atoms with van der Waals surface area (Å²) in [6.45, 7) is 9.78. The third-order valence-electron chi connectivity index (χ3n) is 5.77. The zero-order valence-corrected chi connectivity index (χ0v) is 17.3. The number of imide groups is 1. The van der Waals surface area contributed by atoms with Crippen molar-refractivity contribution in [3.63, 3.8) is 0 Å². The summed E-state index contributed by atoms with van der Waals surface area (Å²) in [7, 11) is 0. The maximum Gasteiger partial charge on any atom is 0.327 e. The largest absolute Gasteiger partial charge is 0.395 e. The zero-order chi connectivity index (χ0) is 20.5. The molecular formula is C20H31N5O3. The summed E-state index contributed by atoms with van der Waals surface area (Å²) in [5.74, 6) is 0.774. The summed E-state index contributed by atoms with van der Waals surface area (Å²) in [5.41, 5.74) is 1.30. The number of aromatic nitrogens is 2. The highest BCUT2D eigenvalue weighted by Crippen LogP contribution is 2.38. The molecule has 3 amide bonds. The molecular weight excluding hydrogens is 358 g/mol. The fourth-order valence-corrected chi connectivity index (χ4v) is 4.24. The van der Waals surface area contributed by atoms with Crippen LogP contribution < -0.4 is 4.90 Å². The molecule has 2 aliphatic heterocycles. The van der Waals surface area contributed by atoms with E-state index in [2.05, 4.69) is 21.8 Å². The molecule has 1 aromatic heterocycles. The van der Waals surface area contributed by atoms with E-state index in [9.17, 15) is 14.7 Å². The van der Waals surface area contributed by atoms with Crippen LogP contribution in [0, 0.1) is 12.8 Å². The van der Waals surface area contributed by atoms with Crippen molar-refractivity contribution in [1.82, 2.24) is 19.8 Å². The monoisotopic (exact) mass is 389 g/mol. The first-order valence-corrected chi connectivity index (χ1v) is 10.2. The summed E-state index contributed by atoms with van der Waals surface area (Å²) in [6.07, 6.45) is 3.80. The molecule has 0 atom stereocenters. The van der Waals surface area contributed by atoms with E-state index in [1.807, 2.05) is 27.0 Å².